The summed E-state index contributed by atoms with van der Waals surface area (Å²) < 4.78 is 3.69. The molecule has 1 N–H and O–H groups in total. The van der Waals surface area contributed by atoms with Crippen molar-refractivity contribution in [3.8, 4) is 12.3 Å². The van der Waals surface area contributed by atoms with Gasteiger partial charge in [-0.15, -0.1) is 6.42 Å². The molecule has 6 nitrogen and oxygen atoms in total. The number of halogens is 1. The summed E-state index contributed by atoms with van der Waals surface area (Å²) in [5, 5.41) is 7.19. The van der Waals surface area contributed by atoms with E-state index < -0.39 is 0 Å². The van der Waals surface area contributed by atoms with Gasteiger partial charge in [-0.05, 0) is 22.4 Å². The Morgan fingerprint density at radius 1 is 1.50 bits per heavy atom. The van der Waals surface area contributed by atoms with E-state index in [1.165, 1.54) is 4.68 Å². The molecule has 0 radical (unpaired) electrons. The summed E-state index contributed by atoms with van der Waals surface area (Å²) in [4.78, 5) is 15.9. The molecule has 0 fully saturated rings. The second-order valence-corrected chi connectivity index (χ2v) is 4.91. The molecule has 0 saturated heterocycles. The zero-order valence-corrected chi connectivity index (χ0v) is 12.4. The number of imidazole rings is 1. The minimum atomic E-state index is -0.234. The van der Waals surface area contributed by atoms with Gasteiger partial charge in [0.05, 0.1) is 18.2 Å². The summed E-state index contributed by atoms with van der Waals surface area (Å²) in [6, 6.07) is 0. The molecule has 0 unspecified atom stereocenters. The van der Waals surface area contributed by atoms with Gasteiger partial charge in [0.25, 0.3) is 5.56 Å². The lowest BCUT2D eigenvalue weighted by Crippen LogP contribution is -2.24. The number of hydrogen-bond acceptors (Lipinski definition) is 4. The van der Waals surface area contributed by atoms with Gasteiger partial charge in [0.2, 0.25) is 0 Å². The summed E-state index contributed by atoms with van der Waals surface area (Å²) in [5.74, 6) is 2.39. The molecular weight excluding hydrogens is 322 g/mol. The van der Waals surface area contributed by atoms with Crippen LogP contribution in [-0.2, 0) is 13.1 Å². The highest BCUT2D eigenvalue weighted by Gasteiger charge is 2.07. The molecule has 0 saturated carbocycles. The van der Waals surface area contributed by atoms with Gasteiger partial charge in [0, 0.05) is 25.5 Å². The van der Waals surface area contributed by atoms with Crippen molar-refractivity contribution in [3.63, 3.8) is 0 Å². The lowest BCUT2D eigenvalue weighted by molar-refractivity contribution is 0.651. The lowest BCUT2D eigenvalue weighted by Gasteiger charge is -2.09. The van der Waals surface area contributed by atoms with Gasteiger partial charge in [-0.3, -0.25) is 4.79 Å². The van der Waals surface area contributed by atoms with Crippen LogP contribution in [0.25, 0.3) is 0 Å². The fourth-order valence-electron chi connectivity index (χ4n) is 1.69. The van der Waals surface area contributed by atoms with Crippen LogP contribution >= 0.6 is 15.9 Å². The first-order valence-corrected chi connectivity index (χ1v) is 6.90. The van der Waals surface area contributed by atoms with E-state index in [0.717, 1.165) is 19.5 Å². The Morgan fingerprint density at radius 3 is 3.05 bits per heavy atom. The van der Waals surface area contributed by atoms with E-state index in [0.29, 0.717) is 10.2 Å². The van der Waals surface area contributed by atoms with Crippen molar-refractivity contribution in [1.29, 1.82) is 0 Å². The van der Waals surface area contributed by atoms with Crippen LogP contribution in [0.2, 0.25) is 0 Å². The Balaban J connectivity index is 1.92. The highest BCUT2D eigenvalue weighted by Crippen LogP contribution is 2.15. The summed E-state index contributed by atoms with van der Waals surface area (Å²) in [6.45, 7) is 1.77. The average Bonchev–Trinajstić information content (AvgIpc) is 2.95. The van der Waals surface area contributed by atoms with Crippen LogP contribution in [-0.4, -0.2) is 25.9 Å². The first-order valence-electron chi connectivity index (χ1n) is 6.11. The lowest BCUT2D eigenvalue weighted by atomic mass is 10.4. The van der Waals surface area contributed by atoms with Crippen molar-refractivity contribution >= 4 is 21.6 Å². The summed E-state index contributed by atoms with van der Waals surface area (Å²) >= 11 is 3.27. The van der Waals surface area contributed by atoms with Crippen LogP contribution in [0.4, 0.5) is 5.69 Å². The van der Waals surface area contributed by atoms with Gasteiger partial charge in [-0.2, -0.15) is 5.10 Å². The molecule has 7 heteroatoms. The molecule has 2 heterocycles. The summed E-state index contributed by atoms with van der Waals surface area (Å²) in [5.41, 5.74) is 0.441. The topological polar surface area (TPSA) is 64.7 Å². The molecular formula is C13H14BrN5O. The molecule has 0 aliphatic rings. The molecule has 0 atom stereocenters. The zero-order chi connectivity index (χ0) is 14.4. The minimum Gasteiger partial charge on any atom is -0.383 e. The number of anilines is 1. The van der Waals surface area contributed by atoms with Gasteiger partial charge in [-0.1, -0.05) is 5.92 Å². The molecule has 2 aromatic heterocycles. The Hall–Kier alpha value is -2.07. The highest BCUT2D eigenvalue weighted by atomic mass is 79.9. The molecule has 104 valence electrons. The maximum absolute atomic E-state index is 11.9. The van der Waals surface area contributed by atoms with Gasteiger partial charge < -0.3 is 9.88 Å². The Kier molecular flexibility index (Phi) is 4.96. The van der Waals surface area contributed by atoms with Crippen molar-refractivity contribution in [3.05, 3.63) is 39.7 Å². The highest BCUT2D eigenvalue weighted by molar-refractivity contribution is 9.10. The predicted molar refractivity (Wildman–Crippen MR) is 80.4 cm³/mol. The third kappa shape index (κ3) is 3.48. The van der Waals surface area contributed by atoms with Gasteiger partial charge >= 0.3 is 0 Å². The maximum atomic E-state index is 11.9. The third-order valence-corrected chi connectivity index (χ3v) is 3.46. The molecule has 0 aliphatic carbocycles. The second kappa shape index (κ2) is 6.91. The predicted octanol–water partition coefficient (Wildman–Crippen LogP) is 1.34. The smallest absolute Gasteiger partial charge is 0.284 e. The molecule has 20 heavy (non-hydrogen) atoms. The fraction of sp³-hybridized carbons (Fsp3) is 0.308. The van der Waals surface area contributed by atoms with Crippen molar-refractivity contribution in [1.82, 2.24) is 19.3 Å². The van der Waals surface area contributed by atoms with Crippen molar-refractivity contribution in [2.24, 2.45) is 0 Å². The molecule has 0 amide bonds. The van der Waals surface area contributed by atoms with E-state index in [-0.39, 0.29) is 12.1 Å². The SMILES string of the molecule is C#CCn1ncc(NCCCn2ccnc2)c(Br)c1=O. The summed E-state index contributed by atoms with van der Waals surface area (Å²) in [6.07, 6.45) is 13.1. The number of aromatic nitrogens is 4. The van der Waals surface area contributed by atoms with Crippen LogP contribution in [0.3, 0.4) is 0 Å². The van der Waals surface area contributed by atoms with E-state index in [4.69, 9.17) is 6.42 Å². The monoisotopic (exact) mass is 335 g/mol. The largest absolute Gasteiger partial charge is 0.383 e. The second-order valence-electron chi connectivity index (χ2n) is 4.12. The summed E-state index contributed by atoms with van der Waals surface area (Å²) in [7, 11) is 0. The van der Waals surface area contributed by atoms with Crippen LogP contribution in [0.15, 0.2) is 34.2 Å². The third-order valence-electron chi connectivity index (χ3n) is 2.69. The van der Waals surface area contributed by atoms with Crippen LogP contribution < -0.4 is 10.9 Å². The van der Waals surface area contributed by atoms with Crippen LogP contribution in [0.5, 0.6) is 0 Å². The van der Waals surface area contributed by atoms with E-state index in [1.54, 1.807) is 18.7 Å². The van der Waals surface area contributed by atoms with Crippen molar-refractivity contribution in [2.45, 2.75) is 19.5 Å². The van der Waals surface area contributed by atoms with Crippen LogP contribution in [0, 0.1) is 12.3 Å². The number of hydrogen-bond donors (Lipinski definition) is 1. The van der Waals surface area contributed by atoms with Gasteiger partial charge in [0.15, 0.2) is 0 Å². The normalized spacial score (nSPS) is 10.2. The first-order chi connectivity index (χ1) is 9.72. The molecule has 2 rings (SSSR count). The van der Waals surface area contributed by atoms with E-state index in [9.17, 15) is 4.79 Å². The molecule has 2 aromatic rings. The van der Waals surface area contributed by atoms with Crippen LogP contribution in [0.1, 0.15) is 6.42 Å². The van der Waals surface area contributed by atoms with E-state index in [2.05, 4.69) is 37.2 Å². The molecule has 0 bridgehead atoms. The molecule has 0 spiro atoms. The number of nitrogens with zero attached hydrogens (tertiary/aromatic N) is 4. The quantitative estimate of drug-likeness (QED) is 0.639. The number of rotatable bonds is 6. The maximum Gasteiger partial charge on any atom is 0.284 e. The number of aryl methyl sites for hydroxylation is 1. The van der Waals surface area contributed by atoms with Gasteiger partial charge in [-0.25, -0.2) is 9.67 Å². The zero-order valence-electron chi connectivity index (χ0n) is 10.8. The van der Waals surface area contributed by atoms with Crippen molar-refractivity contribution in [2.75, 3.05) is 11.9 Å². The Morgan fingerprint density at radius 2 is 2.35 bits per heavy atom. The Labute approximate surface area is 125 Å². The van der Waals surface area contributed by atoms with Gasteiger partial charge in [0.1, 0.15) is 11.0 Å². The fourth-order valence-corrected chi connectivity index (χ4v) is 2.14. The van der Waals surface area contributed by atoms with Crippen molar-refractivity contribution < 1.29 is 0 Å². The minimum absolute atomic E-state index is 0.165. The average molecular weight is 336 g/mol. The van der Waals surface area contributed by atoms with E-state index >= 15 is 0 Å². The number of terminal acetylenes is 1. The van der Waals surface area contributed by atoms with E-state index in [1.807, 2.05) is 10.8 Å². The first kappa shape index (κ1) is 14.3. The standard InChI is InChI=1S/C13H14BrN5O/c1-2-6-19-13(20)12(14)11(9-17-19)16-4-3-7-18-8-5-15-10-18/h1,5,8-10,16H,3-4,6-7H2. The Bertz CT molecular complexity index is 656. The number of nitrogens with one attached hydrogen (secondary N) is 1. The molecule has 0 aliphatic heterocycles. The molecule has 0 aromatic carbocycles.